The summed E-state index contributed by atoms with van der Waals surface area (Å²) in [5.74, 6) is -1.16. The van der Waals surface area contributed by atoms with Crippen molar-refractivity contribution in [1.82, 2.24) is 10.6 Å². The summed E-state index contributed by atoms with van der Waals surface area (Å²) >= 11 is 1.39. The van der Waals surface area contributed by atoms with Gasteiger partial charge in [0.15, 0.2) is 0 Å². The van der Waals surface area contributed by atoms with Crippen molar-refractivity contribution in [3.05, 3.63) is 63.5 Å². The van der Waals surface area contributed by atoms with E-state index in [1.54, 1.807) is 42.2 Å². The molecule has 0 spiro atoms. The molecule has 2 N–H and O–H groups in total. The van der Waals surface area contributed by atoms with Gasteiger partial charge in [-0.3, -0.25) is 4.79 Å². The molecule has 0 unspecified atom stereocenters. The van der Waals surface area contributed by atoms with E-state index in [0.717, 1.165) is 17.0 Å². The fraction of sp³-hybridized carbons (Fsp3) is 0.304. The van der Waals surface area contributed by atoms with E-state index >= 15 is 0 Å². The summed E-state index contributed by atoms with van der Waals surface area (Å²) in [6.45, 7) is 2.19. The number of carbonyl (C=O) groups excluding carboxylic acids is 4. The van der Waals surface area contributed by atoms with Gasteiger partial charge in [-0.1, -0.05) is 6.07 Å². The summed E-state index contributed by atoms with van der Waals surface area (Å²) < 4.78 is 10.6. The number of esters is 2. The van der Waals surface area contributed by atoms with E-state index < -0.39 is 24.0 Å². The highest BCUT2D eigenvalue weighted by Crippen LogP contribution is 2.31. The third-order valence-electron chi connectivity index (χ3n) is 5.31. The van der Waals surface area contributed by atoms with Gasteiger partial charge in [-0.25, -0.2) is 14.4 Å². The molecule has 0 bridgehead atoms. The van der Waals surface area contributed by atoms with Crippen molar-refractivity contribution in [2.75, 3.05) is 24.7 Å². The van der Waals surface area contributed by atoms with Gasteiger partial charge in [0.1, 0.15) is 6.61 Å². The van der Waals surface area contributed by atoms with Gasteiger partial charge in [0.2, 0.25) is 5.91 Å². The van der Waals surface area contributed by atoms with Gasteiger partial charge in [0.25, 0.3) is 0 Å². The number of benzene rings is 1. The number of hydrogen-bond donors (Lipinski definition) is 2. The molecule has 2 aliphatic rings. The fourth-order valence-corrected chi connectivity index (χ4v) is 4.55. The van der Waals surface area contributed by atoms with Gasteiger partial charge in [0.05, 0.1) is 29.5 Å². The summed E-state index contributed by atoms with van der Waals surface area (Å²) in [4.78, 5) is 51.9. The second-order valence-corrected chi connectivity index (χ2v) is 8.41. The van der Waals surface area contributed by atoms with Crippen LogP contribution in [0.1, 0.15) is 41.0 Å². The number of nitrogens with one attached hydrogen (secondary N) is 2. The Kier molecular flexibility index (Phi) is 6.74. The Bertz CT molecular complexity index is 1090. The lowest BCUT2D eigenvalue weighted by atomic mass is 10.0. The Morgan fingerprint density at radius 3 is 2.55 bits per heavy atom. The molecule has 3 amide bonds. The van der Waals surface area contributed by atoms with Crippen LogP contribution in [0.2, 0.25) is 0 Å². The van der Waals surface area contributed by atoms with Crippen molar-refractivity contribution >= 4 is 40.9 Å². The highest BCUT2D eigenvalue weighted by Gasteiger charge is 2.34. The predicted octanol–water partition coefficient (Wildman–Crippen LogP) is 2.90. The minimum absolute atomic E-state index is 0.0608. The van der Waals surface area contributed by atoms with Gasteiger partial charge in [-0.15, -0.1) is 11.3 Å². The van der Waals surface area contributed by atoms with E-state index in [-0.39, 0.29) is 30.4 Å². The second-order valence-electron chi connectivity index (χ2n) is 7.43. The zero-order valence-corrected chi connectivity index (χ0v) is 18.8. The van der Waals surface area contributed by atoms with Crippen molar-refractivity contribution in [3.8, 4) is 0 Å². The number of hydrogen-bond acceptors (Lipinski definition) is 7. The molecular weight excluding hydrogens is 446 g/mol. The first-order chi connectivity index (χ1) is 16.0. The monoisotopic (exact) mass is 469 g/mol. The highest BCUT2D eigenvalue weighted by atomic mass is 32.1. The van der Waals surface area contributed by atoms with Gasteiger partial charge in [-0.05, 0) is 49.1 Å². The van der Waals surface area contributed by atoms with Crippen LogP contribution in [0.15, 0.2) is 53.0 Å². The van der Waals surface area contributed by atoms with Crippen LogP contribution in [0.3, 0.4) is 0 Å². The van der Waals surface area contributed by atoms with Crippen LogP contribution in [-0.4, -0.2) is 43.6 Å². The Balaban J connectivity index is 1.52. The SMILES string of the molecule is CCOC(=O)C1=C(COC(=O)c2ccc(N3CCCC3=O)cc2)NC(=O)N[C@@H]1c1cccs1. The van der Waals surface area contributed by atoms with Crippen LogP contribution in [0, 0.1) is 0 Å². The lowest BCUT2D eigenvalue weighted by Gasteiger charge is -2.28. The summed E-state index contributed by atoms with van der Waals surface area (Å²) in [6, 6.07) is 8.96. The molecule has 1 aromatic heterocycles. The maximum atomic E-state index is 12.7. The molecule has 1 fully saturated rings. The molecule has 33 heavy (non-hydrogen) atoms. The van der Waals surface area contributed by atoms with E-state index in [9.17, 15) is 19.2 Å². The van der Waals surface area contributed by atoms with E-state index in [4.69, 9.17) is 9.47 Å². The molecule has 9 nitrogen and oxygen atoms in total. The predicted molar refractivity (Wildman–Crippen MR) is 121 cm³/mol. The third-order valence-corrected chi connectivity index (χ3v) is 6.25. The molecule has 0 radical (unpaired) electrons. The number of rotatable bonds is 7. The summed E-state index contributed by atoms with van der Waals surface area (Å²) in [5, 5.41) is 7.13. The quantitative estimate of drug-likeness (QED) is 0.603. The lowest BCUT2D eigenvalue weighted by molar-refractivity contribution is -0.139. The molecule has 1 aromatic carbocycles. The molecule has 2 aliphatic heterocycles. The minimum Gasteiger partial charge on any atom is -0.463 e. The molecule has 0 aliphatic carbocycles. The first kappa shape index (κ1) is 22.5. The number of anilines is 1. The lowest BCUT2D eigenvalue weighted by Crippen LogP contribution is -2.46. The zero-order valence-electron chi connectivity index (χ0n) is 18.0. The Hall–Kier alpha value is -3.66. The molecule has 0 saturated carbocycles. The molecule has 10 heteroatoms. The average molecular weight is 470 g/mol. The van der Waals surface area contributed by atoms with E-state index in [2.05, 4.69) is 10.6 Å². The largest absolute Gasteiger partial charge is 0.463 e. The summed E-state index contributed by atoms with van der Waals surface area (Å²) in [6.07, 6.45) is 1.34. The van der Waals surface area contributed by atoms with Crippen molar-refractivity contribution in [3.63, 3.8) is 0 Å². The highest BCUT2D eigenvalue weighted by molar-refractivity contribution is 7.10. The van der Waals surface area contributed by atoms with Crippen molar-refractivity contribution in [1.29, 1.82) is 0 Å². The van der Waals surface area contributed by atoms with Gasteiger partial charge < -0.3 is 25.0 Å². The standard InChI is InChI=1S/C23H23N3O6S/c1-2-31-22(29)19-16(24-23(30)25-20(19)17-5-4-12-33-17)13-32-21(28)14-7-9-15(10-8-14)26-11-3-6-18(26)27/h4-5,7-10,12,20H,2-3,6,11,13H2,1H3,(H2,24,25,30)/t20-/m1/s1. The van der Waals surface area contributed by atoms with Crippen LogP contribution in [-0.2, 0) is 19.1 Å². The smallest absolute Gasteiger partial charge is 0.338 e. The normalized spacial score (nSPS) is 18.1. The molecule has 1 saturated heterocycles. The van der Waals surface area contributed by atoms with Crippen molar-refractivity contribution < 1.29 is 28.7 Å². The Morgan fingerprint density at radius 2 is 1.91 bits per heavy atom. The second kappa shape index (κ2) is 9.86. The first-order valence-corrected chi connectivity index (χ1v) is 11.4. The van der Waals surface area contributed by atoms with Crippen molar-refractivity contribution in [2.24, 2.45) is 0 Å². The summed E-state index contributed by atoms with van der Waals surface area (Å²) in [7, 11) is 0. The van der Waals surface area contributed by atoms with Crippen molar-refractivity contribution in [2.45, 2.75) is 25.8 Å². The van der Waals surface area contributed by atoms with E-state index in [1.165, 1.54) is 11.3 Å². The van der Waals surface area contributed by atoms with Gasteiger partial charge >= 0.3 is 18.0 Å². The summed E-state index contributed by atoms with van der Waals surface area (Å²) in [5.41, 5.74) is 1.38. The van der Waals surface area contributed by atoms with Gasteiger partial charge in [0, 0.05) is 23.5 Å². The van der Waals surface area contributed by atoms with Crippen LogP contribution in [0.5, 0.6) is 0 Å². The third kappa shape index (κ3) is 4.90. The maximum Gasteiger partial charge on any atom is 0.338 e. The van der Waals surface area contributed by atoms with Crippen LogP contribution in [0.25, 0.3) is 0 Å². The maximum absolute atomic E-state index is 12.7. The number of ether oxygens (including phenoxy) is 2. The minimum atomic E-state index is -0.705. The number of amides is 3. The topological polar surface area (TPSA) is 114 Å². The Labute approximate surface area is 194 Å². The first-order valence-electron chi connectivity index (χ1n) is 10.6. The van der Waals surface area contributed by atoms with E-state index in [1.807, 2.05) is 11.4 Å². The molecule has 172 valence electrons. The van der Waals surface area contributed by atoms with Crippen LogP contribution >= 0.6 is 11.3 Å². The molecule has 4 rings (SSSR count). The van der Waals surface area contributed by atoms with Crippen LogP contribution in [0.4, 0.5) is 10.5 Å². The van der Waals surface area contributed by atoms with E-state index in [0.29, 0.717) is 18.5 Å². The number of urea groups is 1. The average Bonchev–Trinajstić information content (AvgIpc) is 3.49. The molecule has 3 heterocycles. The number of thiophene rings is 1. The Morgan fingerprint density at radius 1 is 1.12 bits per heavy atom. The molecular formula is C23H23N3O6S. The molecule has 2 aromatic rings. The number of carbonyl (C=O) groups is 4. The van der Waals surface area contributed by atoms with Crippen LogP contribution < -0.4 is 15.5 Å². The number of nitrogens with zero attached hydrogens (tertiary/aromatic N) is 1. The van der Waals surface area contributed by atoms with Gasteiger partial charge in [-0.2, -0.15) is 0 Å². The fourth-order valence-electron chi connectivity index (χ4n) is 3.77. The zero-order chi connectivity index (χ0) is 23.4. The molecule has 1 atom stereocenters.